The van der Waals surface area contributed by atoms with E-state index in [1.165, 1.54) is 0 Å². The van der Waals surface area contributed by atoms with Gasteiger partial charge in [-0.2, -0.15) is 5.10 Å². The molecule has 0 bridgehead atoms. The zero-order valence-corrected chi connectivity index (χ0v) is 11.6. The number of aryl methyl sites for hydroxylation is 3. The van der Waals surface area contributed by atoms with Crippen LogP contribution in [0.2, 0.25) is 0 Å². The minimum atomic E-state index is -1.07. The van der Waals surface area contributed by atoms with Crippen LogP contribution < -0.4 is 5.73 Å². The molecule has 1 aromatic carbocycles. The highest BCUT2D eigenvalue weighted by atomic mass is 32.2. The average Bonchev–Trinajstić information content (AvgIpc) is 2.61. The van der Waals surface area contributed by atoms with Crippen molar-refractivity contribution in [3.8, 4) is 0 Å². The Labute approximate surface area is 109 Å². The highest BCUT2D eigenvalue weighted by Crippen LogP contribution is 2.18. The largest absolute Gasteiger partial charge is 0.399 e. The van der Waals surface area contributed by atoms with Crippen molar-refractivity contribution in [3.05, 3.63) is 41.2 Å². The molecule has 2 N–H and O–H groups in total. The molecule has 2 rings (SSSR count). The van der Waals surface area contributed by atoms with Gasteiger partial charge in [-0.3, -0.25) is 8.89 Å². The van der Waals surface area contributed by atoms with Crippen LogP contribution in [0.3, 0.4) is 0 Å². The summed E-state index contributed by atoms with van der Waals surface area (Å²) in [6.07, 6.45) is 0. The van der Waals surface area contributed by atoms with Gasteiger partial charge in [0.15, 0.2) is 0 Å². The molecule has 0 fully saturated rings. The fraction of sp³-hybridized carbons (Fsp3) is 0.308. The highest BCUT2D eigenvalue weighted by Gasteiger charge is 2.10. The second-order valence-corrected chi connectivity index (χ2v) is 5.86. The summed E-state index contributed by atoms with van der Waals surface area (Å²) in [6, 6.07) is 7.47. The second-order valence-electron chi connectivity index (χ2n) is 4.41. The van der Waals surface area contributed by atoms with Crippen LogP contribution in [0.25, 0.3) is 0 Å². The first kappa shape index (κ1) is 12.8. The molecule has 96 valence electrons. The molecule has 1 heterocycles. The van der Waals surface area contributed by atoms with Gasteiger partial charge in [0.05, 0.1) is 27.9 Å². The Balaban J connectivity index is 2.22. The topological polar surface area (TPSA) is 60.9 Å². The first-order valence-electron chi connectivity index (χ1n) is 5.71. The molecule has 0 radical (unpaired) electrons. The maximum Gasteiger partial charge on any atom is 0.0702 e. The zero-order valence-electron chi connectivity index (χ0n) is 10.8. The van der Waals surface area contributed by atoms with Gasteiger partial charge in [-0.25, -0.2) is 0 Å². The molecule has 5 heteroatoms. The summed E-state index contributed by atoms with van der Waals surface area (Å²) in [7, 11) is 0.803. The highest BCUT2D eigenvalue weighted by molar-refractivity contribution is 7.84. The van der Waals surface area contributed by atoms with Crippen LogP contribution in [0, 0.1) is 13.8 Å². The molecule has 0 spiro atoms. The summed E-state index contributed by atoms with van der Waals surface area (Å²) < 4.78 is 14.0. The van der Waals surface area contributed by atoms with E-state index >= 15 is 0 Å². The number of hydrogen-bond acceptors (Lipinski definition) is 3. The predicted octanol–water partition coefficient (Wildman–Crippen LogP) is 1.93. The second kappa shape index (κ2) is 4.94. The van der Waals surface area contributed by atoms with Gasteiger partial charge in [-0.1, -0.05) is 0 Å². The van der Waals surface area contributed by atoms with Crippen molar-refractivity contribution in [2.45, 2.75) is 24.5 Å². The van der Waals surface area contributed by atoms with Crippen LogP contribution in [0.15, 0.2) is 29.2 Å². The van der Waals surface area contributed by atoms with Gasteiger partial charge in [0.25, 0.3) is 0 Å². The fourth-order valence-corrected chi connectivity index (χ4v) is 3.04. The SMILES string of the molecule is Cc1cc(CS(=O)c2ccc(N)c(C)c2)n(C)n1. The van der Waals surface area contributed by atoms with E-state index in [2.05, 4.69) is 5.10 Å². The lowest BCUT2D eigenvalue weighted by Crippen LogP contribution is -2.03. The Kier molecular flexibility index (Phi) is 3.52. The van der Waals surface area contributed by atoms with Crippen LogP contribution >= 0.6 is 0 Å². The lowest BCUT2D eigenvalue weighted by atomic mass is 10.2. The zero-order chi connectivity index (χ0) is 13.3. The summed E-state index contributed by atoms with van der Waals surface area (Å²) in [4.78, 5) is 0.806. The minimum absolute atomic E-state index is 0.473. The molecular weight excluding hydrogens is 246 g/mol. The number of hydrogen-bond donors (Lipinski definition) is 1. The van der Waals surface area contributed by atoms with Gasteiger partial charge in [-0.15, -0.1) is 0 Å². The Morgan fingerprint density at radius 3 is 2.61 bits per heavy atom. The van der Waals surface area contributed by atoms with E-state index < -0.39 is 10.8 Å². The van der Waals surface area contributed by atoms with Crippen LogP contribution in [0.5, 0.6) is 0 Å². The fourth-order valence-electron chi connectivity index (χ4n) is 1.81. The van der Waals surface area contributed by atoms with E-state index in [0.717, 1.165) is 27.5 Å². The summed E-state index contributed by atoms with van der Waals surface area (Å²) in [6.45, 7) is 3.85. The van der Waals surface area contributed by atoms with E-state index in [9.17, 15) is 4.21 Å². The lowest BCUT2D eigenvalue weighted by Gasteiger charge is -2.05. The average molecular weight is 263 g/mol. The third-order valence-electron chi connectivity index (χ3n) is 2.88. The molecular formula is C13H17N3OS. The van der Waals surface area contributed by atoms with E-state index in [0.29, 0.717) is 5.75 Å². The van der Waals surface area contributed by atoms with Crippen molar-refractivity contribution in [2.24, 2.45) is 7.05 Å². The van der Waals surface area contributed by atoms with Crippen LogP contribution in [0.4, 0.5) is 5.69 Å². The Morgan fingerprint density at radius 1 is 1.33 bits per heavy atom. The summed E-state index contributed by atoms with van der Waals surface area (Å²) in [5.41, 5.74) is 9.36. The first-order chi connectivity index (χ1) is 8.47. The molecule has 0 amide bonds. The first-order valence-corrected chi connectivity index (χ1v) is 7.03. The molecule has 2 aromatic rings. The van der Waals surface area contributed by atoms with Gasteiger partial charge in [0, 0.05) is 17.6 Å². The quantitative estimate of drug-likeness (QED) is 0.861. The summed E-state index contributed by atoms with van der Waals surface area (Å²) in [5.74, 6) is 0.473. The maximum absolute atomic E-state index is 12.3. The number of aromatic nitrogens is 2. The Morgan fingerprint density at radius 2 is 2.06 bits per heavy atom. The third-order valence-corrected chi connectivity index (χ3v) is 4.22. The number of nitrogens with two attached hydrogens (primary N) is 1. The maximum atomic E-state index is 12.3. The number of anilines is 1. The molecule has 0 saturated heterocycles. The van der Waals surface area contributed by atoms with E-state index in [1.54, 1.807) is 10.7 Å². The molecule has 0 aliphatic rings. The van der Waals surface area contributed by atoms with Gasteiger partial charge in [0.2, 0.25) is 0 Å². The van der Waals surface area contributed by atoms with Crippen molar-refractivity contribution in [3.63, 3.8) is 0 Å². The molecule has 18 heavy (non-hydrogen) atoms. The van der Waals surface area contributed by atoms with E-state index in [-0.39, 0.29) is 0 Å². The van der Waals surface area contributed by atoms with Gasteiger partial charge in [-0.05, 0) is 43.7 Å². The molecule has 4 nitrogen and oxygen atoms in total. The molecule has 1 unspecified atom stereocenters. The van der Waals surface area contributed by atoms with Crippen LogP contribution in [0.1, 0.15) is 17.0 Å². The monoisotopic (exact) mass is 263 g/mol. The number of nitrogen functional groups attached to an aromatic ring is 1. The number of benzene rings is 1. The standard InChI is InChI=1S/C13H17N3OS/c1-9-6-12(4-5-13(9)14)18(17)8-11-7-10(2)15-16(11)3/h4-7H,8,14H2,1-3H3. The smallest absolute Gasteiger partial charge is 0.0702 e. The predicted molar refractivity (Wildman–Crippen MR) is 73.6 cm³/mol. The van der Waals surface area contributed by atoms with Crippen LogP contribution in [-0.2, 0) is 23.6 Å². The van der Waals surface area contributed by atoms with Crippen molar-refractivity contribution in [1.82, 2.24) is 9.78 Å². The molecule has 1 atom stereocenters. The molecule has 0 saturated carbocycles. The Bertz CT molecular complexity index is 604. The van der Waals surface area contributed by atoms with Crippen molar-refractivity contribution in [2.75, 3.05) is 5.73 Å². The molecule has 0 aliphatic carbocycles. The third kappa shape index (κ3) is 2.61. The number of rotatable bonds is 3. The van der Waals surface area contributed by atoms with Crippen molar-refractivity contribution in [1.29, 1.82) is 0 Å². The van der Waals surface area contributed by atoms with Crippen molar-refractivity contribution < 1.29 is 4.21 Å². The summed E-state index contributed by atoms with van der Waals surface area (Å²) in [5, 5.41) is 4.25. The lowest BCUT2D eigenvalue weighted by molar-refractivity contribution is 0.676. The number of nitrogens with zero attached hydrogens (tertiary/aromatic N) is 2. The summed E-state index contributed by atoms with van der Waals surface area (Å²) >= 11 is 0. The van der Waals surface area contributed by atoms with Gasteiger partial charge < -0.3 is 5.73 Å². The molecule has 0 aliphatic heterocycles. The van der Waals surface area contributed by atoms with E-state index in [4.69, 9.17) is 5.73 Å². The van der Waals surface area contributed by atoms with Crippen LogP contribution in [-0.4, -0.2) is 14.0 Å². The van der Waals surface area contributed by atoms with Gasteiger partial charge >= 0.3 is 0 Å². The molecule has 1 aromatic heterocycles. The van der Waals surface area contributed by atoms with Crippen molar-refractivity contribution >= 4 is 16.5 Å². The Hall–Kier alpha value is -1.62. The van der Waals surface area contributed by atoms with Gasteiger partial charge in [0.1, 0.15) is 0 Å². The van der Waals surface area contributed by atoms with E-state index in [1.807, 2.05) is 39.1 Å². The normalized spacial score (nSPS) is 12.6. The minimum Gasteiger partial charge on any atom is -0.399 e.